The SMILES string of the molecule is Fc1cc2ccccc2cc1-c1c2c(c(-c3cc4ccccc4cc3F)c3cc(-c4ccccc4-c4ccccc4)ccc13)CCC=C2. The van der Waals surface area contributed by atoms with Crippen molar-refractivity contribution < 1.29 is 8.78 Å². The highest BCUT2D eigenvalue weighted by Gasteiger charge is 2.25. The molecule has 0 radical (unpaired) electrons. The van der Waals surface area contributed by atoms with Crippen LogP contribution in [0.2, 0.25) is 0 Å². The molecule has 8 aromatic rings. The number of fused-ring (bicyclic) bond motifs is 4. The van der Waals surface area contributed by atoms with Gasteiger partial charge in [0, 0.05) is 11.1 Å². The summed E-state index contributed by atoms with van der Waals surface area (Å²) < 4.78 is 32.7. The monoisotopic (exact) mass is 620 g/mol. The molecule has 48 heavy (non-hydrogen) atoms. The number of allylic oxidation sites excluding steroid dienone is 1. The van der Waals surface area contributed by atoms with Crippen molar-refractivity contribution >= 4 is 38.4 Å². The molecule has 0 fully saturated rings. The maximum Gasteiger partial charge on any atom is 0.131 e. The van der Waals surface area contributed by atoms with Gasteiger partial charge >= 0.3 is 0 Å². The Labute approximate surface area is 278 Å². The summed E-state index contributed by atoms with van der Waals surface area (Å²) >= 11 is 0. The van der Waals surface area contributed by atoms with Gasteiger partial charge in [-0.25, -0.2) is 8.78 Å². The Morgan fingerprint density at radius 1 is 0.417 bits per heavy atom. The summed E-state index contributed by atoms with van der Waals surface area (Å²) in [7, 11) is 0. The lowest BCUT2D eigenvalue weighted by Crippen LogP contribution is -2.04. The zero-order valence-corrected chi connectivity index (χ0v) is 26.2. The number of hydrogen-bond donors (Lipinski definition) is 0. The van der Waals surface area contributed by atoms with E-state index in [0.717, 1.165) is 89.7 Å². The van der Waals surface area contributed by atoms with Crippen LogP contribution < -0.4 is 0 Å². The van der Waals surface area contributed by atoms with E-state index in [2.05, 4.69) is 78.9 Å². The molecule has 1 aliphatic carbocycles. The van der Waals surface area contributed by atoms with Gasteiger partial charge in [-0.1, -0.05) is 127 Å². The fourth-order valence-electron chi connectivity index (χ4n) is 7.61. The van der Waals surface area contributed by atoms with Crippen LogP contribution in [-0.4, -0.2) is 0 Å². The van der Waals surface area contributed by atoms with E-state index in [-0.39, 0.29) is 11.6 Å². The first-order chi connectivity index (χ1) is 23.6. The van der Waals surface area contributed by atoms with Crippen LogP contribution in [0.15, 0.2) is 152 Å². The molecule has 0 spiro atoms. The summed E-state index contributed by atoms with van der Waals surface area (Å²) in [6.07, 6.45) is 5.83. The van der Waals surface area contributed by atoms with E-state index in [4.69, 9.17) is 0 Å². The first-order valence-electron chi connectivity index (χ1n) is 16.5. The van der Waals surface area contributed by atoms with Crippen LogP contribution in [0.5, 0.6) is 0 Å². The third-order valence-electron chi connectivity index (χ3n) is 9.83. The lowest BCUT2D eigenvalue weighted by Gasteiger charge is -2.25. The molecule has 9 rings (SSSR count). The summed E-state index contributed by atoms with van der Waals surface area (Å²) in [6.45, 7) is 0. The Kier molecular flexibility index (Phi) is 6.76. The number of hydrogen-bond acceptors (Lipinski definition) is 0. The van der Waals surface area contributed by atoms with Gasteiger partial charge in [0.05, 0.1) is 0 Å². The van der Waals surface area contributed by atoms with E-state index in [1.807, 2.05) is 66.7 Å². The Hall–Kier alpha value is -5.86. The predicted octanol–water partition coefficient (Wildman–Crippen LogP) is 13.1. The van der Waals surface area contributed by atoms with Crippen molar-refractivity contribution in [1.29, 1.82) is 0 Å². The highest BCUT2D eigenvalue weighted by molar-refractivity contribution is 6.13. The number of halogens is 2. The van der Waals surface area contributed by atoms with Crippen LogP contribution in [-0.2, 0) is 6.42 Å². The van der Waals surface area contributed by atoms with Gasteiger partial charge in [-0.3, -0.25) is 0 Å². The van der Waals surface area contributed by atoms with Crippen molar-refractivity contribution in [2.75, 3.05) is 0 Å². The largest absolute Gasteiger partial charge is 0.206 e. The van der Waals surface area contributed by atoms with E-state index >= 15 is 8.78 Å². The van der Waals surface area contributed by atoms with Gasteiger partial charge in [0.25, 0.3) is 0 Å². The average Bonchev–Trinajstić information content (AvgIpc) is 3.14. The van der Waals surface area contributed by atoms with Crippen molar-refractivity contribution in [2.45, 2.75) is 12.8 Å². The van der Waals surface area contributed by atoms with Crippen LogP contribution in [0.25, 0.3) is 82.9 Å². The predicted molar refractivity (Wildman–Crippen MR) is 198 cm³/mol. The van der Waals surface area contributed by atoms with Crippen LogP contribution in [0.1, 0.15) is 17.5 Å². The van der Waals surface area contributed by atoms with Crippen LogP contribution in [0.4, 0.5) is 8.78 Å². The normalized spacial score (nSPS) is 12.5. The summed E-state index contributed by atoms with van der Waals surface area (Å²) in [4.78, 5) is 0. The molecule has 8 aromatic carbocycles. The van der Waals surface area contributed by atoms with Crippen LogP contribution in [0, 0.1) is 11.6 Å². The maximum absolute atomic E-state index is 16.4. The lowest BCUT2D eigenvalue weighted by atomic mass is 9.79. The average molecular weight is 621 g/mol. The fraction of sp³-hybridized carbons (Fsp3) is 0.0435. The topological polar surface area (TPSA) is 0 Å². The molecular weight excluding hydrogens is 591 g/mol. The second-order valence-electron chi connectivity index (χ2n) is 12.6. The molecule has 0 N–H and O–H groups in total. The minimum atomic E-state index is -0.265. The van der Waals surface area contributed by atoms with E-state index in [0.29, 0.717) is 11.1 Å². The molecule has 0 aliphatic heterocycles. The highest BCUT2D eigenvalue weighted by atomic mass is 19.1. The van der Waals surface area contributed by atoms with Crippen molar-refractivity contribution in [3.63, 3.8) is 0 Å². The van der Waals surface area contributed by atoms with Crippen molar-refractivity contribution in [1.82, 2.24) is 0 Å². The standard InChI is InChI=1S/C46H30F2/c47-43-27-32-16-6-4-14-30(32)24-41(43)45-37-20-10-11-21-38(37)46(42-25-31-15-5-7-17-33(31)28-44(42)48)40-26-34(22-23-39(40)45)36-19-9-8-18-35(36)29-12-2-1-3-13-29/h1-10,12-20,22-28H,11,21H2. The third-order valence-corrected chi connectivity index (χ3v) is 9.83. The minimum Gasteiger partial charge on any atom is -0.206 e. The molecule has 0 atom stereocenters. The van der Waals surface area contributed by atoms with Crippen molar-refractivity contribution in [3.8, 4) is 44.5 Å². The Balaban J connectivity index is 1.41. The van der Waals surface area contributed by atoms with E-state index in [9.17, 15) is 0 Å². The third kappa shape index (κ3) is 4.64. The molecule has 228 valence electrons. The lowest BCUT2D eigenvalue weighted by molar-refractivity contribution is 0.632. The highest BCUT2D eigenvalue weighted by Crippen LogP contribution is 2.48. The van der Waals surface area contributed by atoms with Crippen molar-refractivity contribution in [3.05, 3.63) is 174 Å². The van der Waals surface area contributed by atoms with Gasteiger partial charge in [-0.2, -0.15) is 0 Å². The van der Waals surface area contributed by atoms with Gasteiger partial charge in [0.1, 0.15) is 11.6 Å². The molecule has 0 unspecified atom stereocenters. The quantitative estimate of drug-likeness (QED) is 0.184. The molecular formula is C46H30F2. The van der Waals surface area contributed by atoms with Crippen LogP contribution in [0.3, 0.4) is 0 Å². The molecule has 0 amide bonds. The summed E-state index contributed by atoms with van der Waals surface area (Å²) in [5.74, 6) is -0.522. The smallest absolute Gasteiger partial charge is 0.131 e. The molecule has 0 heterocycles. The molecule has 0 aromatic heterocycles. The second kappa shape index (κ2) is 11.4. The molecule has 2 heteroatoms. The summed E-state index contributed by atoms with van der Waals surface area (Å²) in [6, 6.07) is 48.3. The minimum absolute atomic E-state index is 0.258. The second-order valence-corrected chi connectivity index (χ2v) is 12.6. The Morgan fingerprint density at radius 3 is 1.60 bits per heavy atom. The van der Waals surface area contributed by atoms with Gasteiger partial charge in [0.2, 0.25) is 0 Å². The van der Waals surface area contributed by atoms with Gasteiger partial charge in [0.15, 0.2) is 0 Å². The zero-order valence-electron chi connectivity index (χ0n) is 26.2. The molecule has 0 nitrogen and oxygen atoms in total. The molecule has 1 aliphatic rings. The number of rotatable bonds is 4. The van der Waals surface area contributed by atoms with Gasteiger partial charge < -0.3 is 0 Å². The van der Waals surface area contributed by atoms with Crippen molar-refractivity contribution in [2.24, 2.45) is 0 Å². The van der Waals surface area contributed by atoms with Crippen LogP contribution >= 0.6 is 0 Å². The molecule has 0 saturated carbocycles. The summed E-state index contributed by atoms with van der Waals surface area (Å²) in [5.41, 5.74) is 9.25. The molecule has 0 saturated heterocycles. The Bertz CT molecular complexity index is 2580. The van der Waals surface area contributed by atoms with E-state index in [1.165, 1.54) is 0 Å². The first-order valence-corrected chi connectivity index (χ1v) is 16.5. The fourth-order valence-corrected chi connectivity index (χ4v) is 7.61. The Morgan fingerprint density at radius 2 is 0.958 bits per heavy atom. The summed E-state index contributed by atoms with van der Waals surface area (Å²) in [5, 5.41) is 5.51. The van der Waals surface area contributed by atoms with Gasteiger partial charge in [-0.15, -0.1) is 0 Å². The zero-order chi connectivity index (χ0) is 32.2. The van der Waals surface area contributed by atoms with E-state index in [1.54, 1.807) is 12.1 Å². The number of benzene rings is 8. The van der Waals surface area contributed by atoms with Gasteiger partial charge in [-0.05, 0) is 120 Å². The first kappa shape index (κ1) is 28.4. The van der Waals surface area contributed by atoms with E-state index < -0.39 is 0 Å². The maximum atomic E-state index is 16.4. The molecule has 0 bridgehead atoms.